The summed E-state index contributed by atoms with van der Waals surface area (Å²) < 4.78 is 0. The third-order valence-corrected chi connectivity index (χ3v) is 6.07. The Kier molecular flexibility index (Phi) is 6.81. The molecule has 1 aromatic rings. The smallest absolute Gasteiger partial charge is 0.224 e. The number of hydrogen-bond donors (Lipinski definition) is 1. The maximum absolute atomic E-state index is 12.7. The van der Waals surface area contributed by atoms with Crippen LogP contribution in [0.3, 0.4) is 0 Å². The van der Waals surface area contributed by atoms with E-state index < -0.39 is 0 Å². The monoisotopic (exact) mass is 354 g/mol. The lowest BCUT2D eigenvalue weighted by Crippen LogP contribution is -2.43. The molecule has 2 aliphatic rings. The Morgan fingerprint density at radius 3 is 2.87 bits per heavy atom. The van der Waals surface area contributed by atoms with E-state index in [1.54, 1.807) is 0 Å². The van der Waals surface area contributed by atoms with Gasteiger partial charge in [0.05, 0.1) is 0 Å². The van der Waals surface area contributed by atoms with Crippen molar-refractivity contribution in [2.75, 3.05) is 24.6 Å². The average Bonchev–Trinajstić information content (AvgIpc) is 2.90. The number of aryl methyl sites for hydroxylation is 1. The van der Waals surface area contributed by atoms with Crippen molar-refractivity contribution in [2.24, 2.45) is 0 Å². The molecule has 0 aromatic heterocycles. The summed E-state index contributed by atoms with van der Waals surface area (Å²) in [6, 6.07) is 9.31. The van der Waals surface area contributed by atoms with Gasteiger partial charge in [0.25, 0.3) is 0 Å². The zero-order valence-electron chi connectivity index (χ0n) is 14.0. The van der Waals surface area contributed by atoms with E-state index in [4.69, 9.17) is 0 Å². The number of nitrogens with one attached hydrogen (secondary N) is 1. The molecular weight excluding hydrogens is 328 g/mol. The molecular formula is C18H27ClN2OS. The van der Waals surface area contributed by atoms with Crippen LogP contribution in [-0.2, 0) is 4.79 Å². The van der Waals surface area contributed by atoms with Crippen molar-refractivity contribution in [3.63, 3.8) is 0 Å². The summed E-state index contributed by atoms with van der Waals surface area (Å²) in [6.45, 7) is 6.28. The van der Waals surface area contributed by atoms with Crippen molar-refractivity contribution in [3.05, 3.63) is 35.4 Å². The third-order valence-electron chi connectivity index (χ3n) is 4.94. The minimum absolute atomic E-state index is 0. The first kappa shape index (κ1) is 18.6. The van der Waals surface area contributed by atoms with E-state index in [-0.39, 0.29) is 12.4 Å². The van der Waals surface area contributed by atoms with Crippen molar-refractivity contribution in [1.82, 2.24) is 10.2 Å². The van der Waals surface area contributed by atoms with E-state index in [0.29, 0.717) is 30.3 Å². The molecule has 2 saturated heterocycles. The minimum atomic E-state index is 0. The van der Waals surface area contributed by atoms with Crippen LogP contribution in [0.15, 0.2) is 24.3 Å². The lowest BCUT2D eigenvalue weighted by molar-refractivity contribution is -0.132. The highest BCUT2D eigenvalue weighted by Crippen LogP contribution is 2.33. The molecule has 3 rings (SSSR count). The van der Waals surface area contributed by atoms with Gasteiger partial charge in [0.2, 0.25) is 5.91 Å². The van der Waals surface area contributed by atoms with E-state index in [1.807, 2.05) is 11.8 Å². The van der Waals surface area contributed by atoms with Crippen LogP contribution in [0.25, 0.3) is 0 Å². The molecule has 5 heteroatoms. The Morgan fingerprint density at radius 2 is 2.17 bits per heavy atom. The Balaban J connectivity index is 0.00000192. The van der Waals surface area contributed by atoms with Crippen LogP contribution in [0.5, 0.6) is 0 Å². The molecule has 3 atom stereocenters. The molecule has 128 valence electrons. The highest BCUT2D eigenvalue weighted by atomic mass is 35.5. The van der Waals surface area contributed by atoms with Crippen LogP contribution >= 0.6 is 24.2 Å². The molecule has 3 unspecified atom stereocenters. The average molecular weight is 355 g/mol. The minimum Gasteiger partial charge on any atom is -0.339 e. The molecule has 3 nitrogen and oxygen atoms in total. The summed E-state index contributed by atoms with van der Waals surface area (Å²) in [4.78, 5) is 14.8. The summed E-state index contributed by atoms with van der Waals surface area (Å²) in [6.07, 6.45) is 1.74. The van der Waals surface area contributed by atoms with Gasteiger partial charge in [0, 0.05) is 49.0 Å². The maximum atomic E-state index is 12.7. The highest BCUT2D eigenvalue weighted by molar-refractivity contribution is 7.99. The number of carbonyl (C=O) groups is 1. The molecule has 0 spiro atoms. The summed E-state index contributed by atoms with van der Waals surface area (Å²) in [7, 11) is 0. The second-order valence-electron chi connectivity index (χ2n) is 6.61. The Bertz CT molecular complexity index is 534. The molecule has 1 aromatic carbocycles. The van der Waals surface area contributed by atoms with Crippen molar-refractivity contribution in [3.8, 4) is 0 Å². The number of rotatable bonds is 3. The number of thioether (sulfide) groups is 1. The number of likely N-dealkylation sites (tertiary alicyclic amines) is 1. The molecule has 2 fully saturated rings. The molecule has 0 aliphatic carbocycles. The molecule has 0 bridgehead atoms. The predicted molar refractivity (Wildman–Crippen MR) is 101 cm³/mol. The van der Waals surface area contributed by atoms with E-state index in [1.165, 1.54) is 16.9 Å². The molecule has 2 heterocycles. The maximum Gasteiger partial charge on any atom is 0.224 e. The van der Waals surface area contributed by atoms with Gasteiger partial charge in [-0.1, -0.05) is 24.3 Å². The van der Waals surface area contributed by atoms with Gasteiger partial charge in [-0.3, -0.25) is 4.79 Å². The first-order valence-electron chi connectivity index (χ1n) is 8.31. The van der Waals surface area contributed by atoms with E-state index in [0.717, 1.165) is 25.3 Å². The highest BCUT2D eigenvalue weighted by Gasteiger charge is 2.34. The van der Waals surface area contributed by atoms with Crippen molar-refractivity contribution >= 4 is 30.1 Å². The van der Waals surface area contributed by atoms with Gasteiger partial charge >= 0.3 is 0 Å². The predicted octanol–water partition coefficient (Wildman–Crippen LogP) is 3.22. The second-order valence-corrected chi connectivity index (χ2v) is 7.76. The number of benzene rings is 1. The van der Waals surface area contributed by atoms with E-state index in [9.17, 15) is 4.79 Å². The summed E-state index contributed by atoms with van der Waals surface area (Å²) in [5.74, 6) is 3.05. The number of carbonyl (C=O) groups excluding carboxylic acids is 1. The fourth-order valence-electron chi connectivity index (χ4n) is 3.73. The Hall–Kier alpha value is -0.710. The first-order chi connectivity index (χ1) is 10.6. The number of halogens is 1. The van der Waals surface area contributed by atoms with Crippen molar-refractivity contribution in [1.29, 1.82) is 0 Å². The number of amides is 1. The normalized spacial score (nSPS) is 27.6. The summed E-state index contributed by atoms with van der Waals surface area (Å²) in [5.41, 5.74) is 2.76. The largest absolute Gasteiger partial charge is 0.339 e. The van der Waals surface area contributed by atoms with Gasteiger partial charge in [0.15, 0.2) is 0 Å². The van der Waals surface area contributed by atoms with Crippen LogP contribution in [0.2, 0.25) is 0 Å². The molecule has 2 aliphatic heterocycles. The van der Waals surface area contributed by atoms with Crippen LogP contribution in [0, 0.1) is 6.92 Å². The van der Waals surface area contributed by atoms with Gasteiger partial charge in [-0.15, -0.1) is 12.4 Å². The Morgan fingerprint density at radius 1 is 1.39 bits per heavy atom. The third kappa shape index (κ3) is 4.43. The van der Waals surface area contributed by atoms with Gasteiger partial charge in [0.1, 0.15) is 0 Å². The fourth-order valence-corrected chi connectivity index (χ4v) is 4.68. The fraction of sp³-hybridized carbons (Fsp3) is 0.611. The summed E-state index contributed by atoms with van der Waals surface area (Å²) in [5, 5.41) is 3.47. The van der Waals surface area contributed by atoms with Crippen molar-refractivity contribution in [2.45, 2.75) is 44.7 Å². The van der Waals surface area contributed by atoms with E-state index >= 15 is 0 Å². The van der Waals surface area contributed by atoms with Crippen molar-refractivity contribution < 1.29 is 4.79 Å². The van der Waals surface area contributed by atoms with Gasteiger partial charge in [-0.25, -0.2) is 0 Å². The van der Waals surface area contributed by atoms with Crippen LogP contribution in [0.1, 0.15) is 36.8 Å². The molecule has 1 amide bonds. The van der Waals surface area contributed by atoms with Crippen LogP contribution < -0.4 is 5.32 Å². The zero-order chi connectivity index (χ0) is 15.5. The topological polar surface area (TPSA) is 32.3 Å². The lowest BCUT2D eigenvalue weighted by atomic mass is 9.93. The number of hydrogen-bond acceptors (Lipinski definition) is 3. The number of nitrogens with zero attached hydrogens (tertiary/aromatic N) is 1. The summed E-state index contributed by atoms with van der Waals surface area (Å²) >= 11 is 1.95. The lowest BCUT2D eigenvalue weighted by Gasteiger charge is -2.27. The van der Waals surface area contributed by atoms with Gasteiger partial charge in [-0.05, 0) is 31.4 Å². The molecule has 1 N–H and O–H groups in total. The standard InChI is InChI=1S/C18H26N2OS.ClH/c1-13-5-3-4-6-17(13)15-9-14(2)20(11-15)18(21)10-16-12-22-8-7-19-16;/h3-6,14-16,19H,7-12H2,1-2H3;1H. The van der Waals surface area contributed by atoms with Crippen LogP contribution in [0.4, 0.5) is 0 Å². The first-order valence-corrected chi connectivity index (χ1v) is 9.46. The van der Waals surface area contributed by atoms with Gasteiger partial charge in [-0.2, -0.15) is 11.8 Å². The molecule has 23 heavy (non-hydrogen) atoms. The zero-order valence-corrected chi connectivity index (χ0v) is 15.6. The SMILES string of the molecule is Cc1ccccc1C1CC(C)N(C(=O)CC2CSCCN2)C1.Cl. The van der Waals surface area contributed by atoms with Gasteiger partial charge < -0.3 is 10.2 Å². The van der Waals surface area contributed by atoms with Crippen LogP contribution in [-0.4, -0.2) is 47.5 Å². The Labute approximate surface area is 150 Å². The van der Waals surface area contributed by atoms with E-state index in [2.05, 4.69) is 48.3 Å². The quantitative estimate of drug-likeness (QED) is 0.904. The molecule has 0 saturated carbocycles. The second kappa shape index (κ2) is 8.41. The molecule has 0 radical (unpaired) electrons.